The molecule has 6 atom stereocenters. The molecular formula is C45H52N6O7. The smallest absolute Gasteiger partial charge is 0.410 e. The number of fused-ring (bicyclic) bond motifs is 7. The van der Waals surface area contributed by atoms with Crippen LogP contribution in [-0.4, -0.2) is 94.7 Å². The fourth-order valence-electron chi connectivity index (χ4n) is 9.54. The molecule has 0 spiro atoms. The van der Waals surface area contributed by atoms with E-state index in [4.69, 9.17) is 28.9 Å². The standard InChI is InChI=1S/C45H52N6O7/c1-23(2)40(49-43(53)56-7)42(52)51-36-15-27(36)16-38(51)41-46-19-35(48-41)26-8-10-29-28(13-26)22-57-39-18-30-25(14-32(29)39)9-11-33-31(30)17-34(47-33)37-12-24(21-55-6)20-50(37)44(54)58-45(3,4)5/h8-11,13-14,18-19,23-24,27,36-38,40H,12,15-17,20-22H2,1-7H3,(H,46,48)(H,49,53)/t24-,27?,36+,37-,38-,40?/m0/s1. The van der Waals surface area contributed by atoms with Crippen LogP contribution in [0.3, 0.4) is 0 Å². The van der Waals surface area contributed by atoms with Crippen LogP contribution in [0.5, 0.6) is 5.75 Å². The molecule has 1 aliphatic carbocycles. The van der Waals surface area contributed by atoms with Gasteiger partial charge in [-0.05, 0) is 109 Å². The number of alkyl carbamates (subject to hydrolysis) is 1. The third kappa shape index (κ3) is 6.86. The average molecular weight is 789 g/mol. The van der Waals surface area contributed by atoms with Gasteiger partial charge in [-0.3, -0.25) is 14.7 Å². The second-order valence-corrected chi connectivity index (χ2v) is 17.9. The number of rotatable bonds is 8. The molecule has 4 aromatic rings. The van der Waals surface area contributed by atoms with Crippen molar-refractivity contribution in [1.29, 1.82) is 0 Å². The van der Waals surface area contributed by atoms with Crippen molar-refractivity contribution in [2.45, 2.75) is 96.7 Å². The van der Waals surface area contributed by atoms with E-state index in [0.717, 1.165) is 86.5 Å². The van der Waals surface area contributed by atoms with Gasteiger partial charge in [-0.2, -0.15) is 0 Å². The van der Waals surface area contributed by atoms with Gasteiger partial charge in [0.2, 0.25) is 5.91 Å². The van der Waals surface area contributed by atoms with Crippen LogP contribution in [0, 0.1) is 17.8 Å². The van der Waals surface area contributed by atoms with Crippen LogP contribution in [-0.2, 0) is 32.0 Å². The predicted octanol–water partition coefficient (Wildman–Crippen LogP) is 7.73. The molecule has 0 bridgehead atoms. The highest BCUT2D eigenvalue weighted by Gasteiger charge is 2.56. The zero-order valence-electron chi connectivity index (χ0n) is 34.3. The van der Waals surface area contributed by atoms with E-state index in [2.05, 4.69) is 52.8 Å². The van der Waals surface area contributed by atoms with E-state index >= 15 is 0 Å². The summed E-state index contributed by atoms with van der Waals surface area (Å²) in [5, 5.41) is 4.96. The highest BCUT2D eigenvalue weighted by molar-refractivity contribution is 6.06. The van der Waals surface area contributed by atoms with Gasteiger partial charge in [0.15, 0.2) is 0 Å². The molecular weight excluding hydrogens is 737 g/mol. The van der Waals surface area contributed by atoms with Crippen LogP contribution >= 0.6 is 0 Å². The maximum Gasteiger partial charge on any atom is 0.410 e. The number of methoxy groups -OCH3 is 2. The summed E-state index contributed by atoms with van der Waals surface area (Å²) in [6, 6.07) is 14.1. The molecule has 3 aromatic carbocycles. The Hall–Kier alpha value is -5.43. The van der Waals surface area contributed by atoms with Crippen molar-refractivity contribution in [3.8, 4) is 28.1 Å². The molecule has 0 radical (unpaired) electrons. The first-order valence-corrected chi connectivity index (χ1v) is 20.4. The minimum Gasteiger partial charge on any atom is -0.488 e. The highest BCUT2D eigenvalue weighted by Crippen LogP contribution is 2.53. The molecule has 5 heterocycles. The summed E-state index contributed by atoms with van der Waals surface area (Å²) in [6.07, 6.45) is 4.16. The van der Waals surface area contributed by atoms with Crippen LogP contribution < -0.4 is 10.1 Å². The minimum absolute atomic E-state index is 0.0990. The summed E-state index contributed by atoms with van der Waals surface area (Å²) >= 11 is 0. The lowest BCUT2D eigenvalue weighted by Crippen LogP contribution is -2.52. The molecule has 1 aromatic heterocycles. The first-order valence-electron chi connectivity index (χ1n) is 20.4. The first kappa shape index (κ1) is 38.1. The lowest BCUT2D eigenvalue weighted by molar-refractivity contribution is -0.136. The number of benzene rings is 3. The second-order valence-electron chi connectivity index (χ2n) is 17.9. The lowest BCUT2D eigenvalue weighted by atomic mass is 9.90. The summed E-state index contributed by atoms with van der Waals surface area (Å²) in [7, 11) is 3.01. The molecule has 9 rings (SSSR count). The van der Waals surface area contributed by atoms with Gasteiger partial charge in [0, 0.05) is 43.3 Å². The van der Waals surface area contributed by atoms with E-state index in [1.54, 1.807) is 7.11 Å². The van der Waals surface area contributed by atoms with Gasteiger partial charge >= 0.3 is 12.2 Å². The predicted molar refractivity (Wildman–Crippen MR) is 219 cm³/mol. The van der Waals surface area contributed by atoms with E-state index < -0.39 is 17.7 Å². The Morgan fingerprint density at radius 2 is 1.84 bits per heavy atom. The van der Waals surface area contributed by atoms with E-state index in [9.17, 15) is 14.4 Å². The maximum atomic E-state index is 13.9. The number of aromatic nitrogens is 2. The largest absolute Gasteiger partial charge is 0.488 e. The monoisotopic (exact) mass is 788 g/mol. The fourth-order valence-corrected chi connectivity index (χ4v) is 9.54. The number of hydrogen-bond donors (Lipinski definition) is 2. The number of aromatic amines is 1. The number of amides is 3. The molecule has 13 nitrogen and oxygen atoms in total. The number of nitrogens with zero attached hydrogens (tertiary/aromatic N) is 4. The van der Waals surface area contributed by atoms with Gasteiger partial charge in [0.25, 0.3) is 0 Å². The summed E-state index contributed by atoms with van der Waals surface area (Å²) in [6.45, 7) is 11.1. The number of imidazole rings is 1. The van der Waals surface area contributed by atoms with Crippen molar-refractivity contribution in [2.24, 2.45) is 22.7 Å². The molecule has 5 aliphatic rings. The van der Waals surface area contributed by atoms with E-state index in [0.29, 0.717) is 32.1 Å². The molecule has 304 valence electrons. The number of ether oxygens (including phenoxy) is 4. The highest BCUT2D eigenvalue weighted by atomic mass is 16.6. The summed E-state index contributed by atoms with van der Waals surface area (Å²) in [5.41, 5.74) is 7.56. The van der Waals surface area contributed by atoms with Gasteiger partial charge in [-0.1, -0.05) is 32.0 Å². The first-order chi connectivity index (χ1) is 27.8. The van der Waals surface area contributed by atoms with Crippen LogP contribution in [0.25, 0.3) is 33.2 Å². The molecule has 3 fully saturated rings. The van der Waals surface area contributed by atoms with Gasteiger partial charge in [-0.15, -0.1) is 0 Å². The van der Waals surface area contributed by atoms with Crippen LogP contribution in [0.1, 0.15) is 76.9 Å². The molecule has 4 aliphatic heterocycles. The molecule has 13 heteroatoms. The van der Waals surface area contributed by atoms with E-state index in [1.165, 1.54) is 7.11 Å². The summed E-state index contributed by atoms with van der Waals surface area (Å²) in [5.74, 6) is 2.04. The third-order valence-electron chi connectivity index (χ3n) is 12.4. The topological polar surface area (TPSA) is 148 Å². The Morgan fingerprint density at radius 3 is 2.60 bits per heavy atom. The number of likely N-dealkylation sites (tertiary alicyclic amines) is 2. The van der Waals surface area contributed by atoms with Gasteiger partial charge < -0.3 is 34.1 Å². The second kappa shape index (κ2) is 14.4. The van der Waals surface area contributed by atoms with Crippen molar-refractivity contribution in [3.05, 3.63) is 65.6 Å². The minimum atomic E-state index is -0.681. The Balaban J connectivity index is 0.944. The van der Waals surface area contributed by atoms with Crippen LogP contribution in [0.15, 0.2) is 53.7 Å². The lowest BCUT2D eigenvalue weighted by Gasteiger charge is -2.31. The van der Waals surface area contributed by atoms with Crippen LogP contribution in [0.2, 0.25) is 0 Å². The van der Waals surface area contributed by atoms with Gasteiger partial charge in [-0.25, -0.2) is 14.6 Å². The number of aliphatic imine (C=N–C) groups is 1. The Kier molecular flexibility index (Phi) is 9.49. The number of carbonyl (C=O) groups is 3. The average Bonchev–Trinajstić information content (AvgIpc) is 3.66. The fraction of sp³-hybridized carbons (Fsp3) is 0.489. The van der Waals surface area contributed by atoms with Crippen molar-refractivity contribution in [3.63, 3.8) is 0 Å². The summed E-state index contributed by atoms with van der Waals surface area (Å²) < 4.78 is 22.6. The molecule has 2 N–H and O–H groups in total. The number of hydrogen-bond acceptors (Lipinski definition) is 9. The van der Waals surface area contributed by atoms with E-state index in [-0.39, 0.29) is 42.0 Å². The molecule has 58 heavy (non-hydrogen) atoms. The molecule has 1 saturated carbocycles. The van der Waals surface area contributed by atoms with Gasteiger partial charge in [0.1, 0.15) is 29.8 Å². The summed E-state index contributed by atoms with van der Waals surface area (Å²) in [4.78, 5) is 56.5. The van der Waals surface area contributed by atoms with Crippen molar-refractivity contribution in [2.75, 3.05) is 27.4 Å². The Morgan fingerprint density at radius 1 is 1.02 bits per heavy atom. The number of nitrogens with one attached hydrogen (secondary N) is 2. The maximum absolute atomic E-state index is 13.9. The van der Waals surface area contributed by atoms with Crippen molar-refractivity contribution >= 4 is 40.3 Å². The van der Waals surface area contributed by atoms with E-state index in [1.807, 2.05) is 50.6 Å². The third-order valence-corrected chi connectivity index (χ3v) is 12.4. The quantitative estimate of drug-likeness (QED) is 0.184. The SMILES string of the molecule is COC[C@H]1C[C@@H](C2=Nc3ccc4cc5c(cc4c3C2)OCc2cc(-c3cnc([C@@H]4CC6C[C@H]6N4C(=O)C(NC(=O)OC)C(C)C)[nH]3)ccc2-5)N(C(=O)OC(C)(C)C)C1. The number of piperidine rings is 1. The molecule has 2 saturated heterocycles. The van der Waals surface area contributed by atoms with Crippen molar-refractivity contribution in [1.82, 2.24) is 25.1 Å². The van der Waals surface area contributed by atoms with Crippen molar-refractivity contribution < 1.29 is 33.3 Å². The number of H-pyrrole nitrogens is 1. The molecule has 2 unspecified atom stereocenters. The zero-order valence-corrected chi connectivity index (χ0v) is 34.3. The number of carbonyl (C=O) groups excluding carboxylic acids is 3. The van der Waals surface area contributed by atoms with Gasteiger partial charge in [0.05, 0.1) is 43.4 Å². The zero-order chi connectivity index (χ0) is 40.6. The van der Waals surface area contributed by atoms with Crippen LogP contribution in [0.4, 0.5) is 15.3 Å². The molecule has 3 amide bonds. The normalized spacial score (nSPS) is 23.4. The Labute approximate surface area is 338 Å². The Bertz CT molecular complexity index is 2340.